The lowest BCUT2D eigenvalue weighted by atomic mass is 9.93. The summed E-state index contributed by atoms with van der Waals surface area (Å²) in [6.07, 6.45) is 2.65. The maximum absolute atomic E-state index is 5.79. The highest BCUT2D eigenvalue weighted by Gasteiger charge is 2.17. The topological polar surface area (TPSA) is 62.2 Å². The Morgan fingerprint density at radius 1 is 1.28 bits per heavy atom. The molecule has 0 aromatic carbocycles. The molecule has 0 fully saturated rings. The van der Waals surface area contributed by atoms with Gasteiger partial charge in [-0.05, 0) is 18.1 Å². The number of rotatable bonds is 5. The molecule has 0 radical (unpaired) electrons. The normalized spacial score (nSPS) is 11.8. The molecule has 0 bridgehead atoms. The van der Waals surface area contributed by atoms with Crippen LogP contribution >= 0.6 is 46.9 Å². The second-order valence-electron chi connectivity index (χ2n) is 6.47. The maximum Gasteiger partial charge on any atom is 0.191 e. The van der Waals surface area contributed by atoms with Crippen molar-refractivity contribution >= 4 is 52.9 Å². The lowest BCUT2D eigenvalue weighted by Gasteiger charge is -2.14. The first-order valence-corrected chi connectivity index (χ1v) is 9.14. The quantitative estimate of drug-likeness (QED) is 0.286. The van der Waals surface area contributed by atoms with Crippen molar-refractivity contribution < 1.29 is 0 Å². The number of aromatic nitrogens is 2. The van der Waals surface area contributed by atoms with Crippen molar-refractivity contribution in [2.75, 3.05) is 13.6 Å². The Balaban J connectivity index is 0.00000312. The molecular weight excluding hydrogens is 469 g/mol. The zero-order valence-corrected chi connectivity index (χ0v) is 18.9. The van der Waals surface area contributed by atoms with Crippen LogP contribution in [0.4, 0.5) is 0 Å². The summed E-state index contributed by atoms with van der Waals surface area (Å²) in [6, 6.07) is 3.79. The first-order chi connectivity index (χ1) is 11.4. The van der Waals surface area contributed by atoms with Crippen LogP contribution in [-0.4, -0.2) is 29.5 Å². The lowest BCUT2D eigenvalue weighted by molar-refractivity contribution is 0.570. The van der Waals surface area contributed by atoms with Crippen molar-refractivity contribution in [2.24, 2.45) is 4.99 Å². The van der Waals surface area contributed by atoms with Crippen LogP contribution in [0.1, 0.15) is 37.0 Å². The molecule has 0 spiro atoms. The molecule has 2 N–H and O–H groups in total. The number of pyridine rings is 1. The van der Waals surface area contributed by atoms with Gasteiger partial charge in [-0.15, -0.1) is 35.3 Å². The van der Waals surface area contributed by atoms with E-state index in [2.05, 4.69) is 51.7 Å². The molecule has 5 nitrogen and oxygen atoms in total. The fraction of sp³-hybridized carbons (Fsp3) is 0.471. The van der Waals surface area contributed by atoms with Gasteiger partial charge in [-0.1, -0.05) is 38.4 Å². The van der Waals surface area contributed by atoms with E-state index in [0.29, 0.717) is 11.7 Å². The number of hydrogen-bond donors (Lipinski definition) is 2. The average Bonchev–Trinajstić information content (AvgIpc) is 3.01. The predicted molar refractivity (Wildman–Crippen MR) is 117 cm³/mol. The first-order valence-electron chi connectivity index (χ1n) is 7.88. The van der Waals surface area contributed by atoms with E-state index in [1.165, 1.54) is 0 Å². The summed E-state index contributed by atoms with van der Waals surface area (Å²) in [6.45, 7) is 7.96. The molecule has 2 rings (SSSR count). The molecule has 2 aromatic heterocycles. The smallest absolute Gasteiger partial charge is 0.191 e. The minimum absolute atomic E-state index is 0. The van der Waals surface area contributed by atoms with Gasteiger partial charge in [0.1, 0.15) is 10.2 Å². The van der Waals surface area contributed by atoms with E-state index in [1.54, 1.807) is 30.6 Å². The van der Waals surface area contributed by atoms with E-state index in [1.807, 2.05) is 6.07 Å². The number of halogens is 2. The molecule has 8 heteroatoms. The summed E-state index contributed by atoms with van der Waals surface area (Å²) in [5.41, 5.74) is 2.35. The zero-order chi connectivity index (χ0) is 17.6. The molecule has 0 atom stereocenters. The van der Waals surface area contributed by atoms with Crippen LogP contribution in [0.15, 0.2) is 28.7 Å². The summed E-state index contributed by atoms with van der Waals surface area (Å²) < 4.78 is 0. The van der Waals surface area contributed by atoms with Gasteiger partial charge in [-0.25, -0.2) is 9.97 Å². The maximum atomic E-state index is 5.79. The van der Waals surface area contributed by atoms with Gasteiger partial charge in [-0.3, -0.25) is 4.99 Å². The molecule has 0 saturated carbocycles. The predicted octanol–water partition coefficient (Wildman–Crippen LogP) is 4.01. The molecular formula is C17H25ClIN5S. The summed E-state index contributed by atoms with van der Waals surface area (Å²) in [4.78, 5) is 13.0. The highest BCUT2D eigenvalue weighted by molar-refractivity contribution is 14.0. The van der Waals surface area contributed by atoms with Crippen molar-refractivity contribution in [1.82, 2.24) is 20.6 Å². The fourth-order valence-corrected chi connectivity index (χ4v) is 3.07. The van der Waals surface area contributed by atoms with Gasteiger partial charge in [0.25, 0.3) is 0 Å². The van der Waals surface area contributed by atoms with Gasteiger partial charge in [0.15, 0.2) is 5.96 Å². The summed E-state index contributed by atoms with van der Waals surface area (Å²) in [5, 5.41) is 10.3. The Labute approximate surface area is 175 Å². The van der Waals surface area contributed by atoms with Crippen LogP contribution in [0.25, 0.3) is 0 Å². The molecule has 0 saturated heterocycles. The summed E-state index contributed by atoms with van der Waals surface area (Å²) in [5.74, 6) is 0.768. The summed E-state index contributed by atoms with van der Waals surface area (Å²) >= 11 is 7.46. The highest BCUT2D eigenvalue weighted by atomic mass is 127. The van der Waals surface area contributed by atoms with Crippen molar-refractivity contribution in [3.8, 4) is 0 Å². The van der Waals surface area contributed by atoms with Crippen LogP contribution in [0.3, 0.4) is 0 Å². The minimum Gasteiger partial charge on any atom is -0.356 e. The minimum atomic E-state index is 0. The second-order valence-corrected chi connectivity index (χ2v) is 7.80. The third-order valence-corrected chi connectivity index (χ3v) is 4.52. The Kier molecular flexibility index (Phi) is 9.09. The van der Waals surface area contributed by atoms with E-state index in [-0.39, 0.29) is 29.4 Å². The van der Waals surface area contributed by atoms with Crippen LogP contribution in [0, 0.1) is 0 Å². The van der Waals surface area contributed by atoms with Crippen molar-refractivity contribution in [2.45, 2.75) is 39.2 Å². The van der Waals surface area contributed by atoms with E-state index < -0.39 is 0 Å². The van der Waals surface area contributed by atoms with Gasteiger partial charge in [0.2, 0.25) is 0 Å². The first kappa shape index (κ1) is 22.1. The van der Waals surface area contributed by atoms with E-state index in [9.17, 15) is 0 Å². The van der Waals surface area contributed by atoms with Crippen molar-refractivity contribution in [1.29, 1.82) is 0 Å². The van der Waals surface area contributed by atoms with Crippen LogP contribution in [-0.2, 0) is 18.4 Å². The van der Waals surface area contributed by atoms with Gasteiger partial charge in [0, 0.05) is 30.6 Å². The molecule has 0 aliphatic rings. The molecule has 2 aromatic rings. The molecule has 2 heterocycles. The molecule has 0 aliphatic heterocycles. The van der Waals surface area contributed by atoms with Gasteiger partial charge >= 0.3 is 0 Å². The zero-order valence-electron chi connectivity index (χ0n) is 15.0. The third-order valence-electron chi connectivity index (χ3n) is 3.45. The van der Waals surface area contributed by atoms with Crippen LogP contribution < -0.4 is 10.6 Å². The van der Waals surface area contributed by atoms with E-state index in [0.717, 1.165) is 35.2 Å². The number of aliphatic imine (C=N–C) groups is 1. The second kappa shape index (κ2) is 10.3. The largest absolute Gasteiger partial charge is 0.356 e. The molecule has 0 unspecified atom stereocenters. The number of hydrogen-bond acceptors (Lipinski definition) is 4. The standard InChI is InChI=1S/C17H24ClN5S.HI/c1-17(2,3)13-11-24-15(23-13)10-22-16(19-4)20-8-7-12-5-6-14(18)21-9-12;/h5-6,9,11H,7-8,10H2,1-4H3,(H2,19,20,22);1H. The number of thiazole rings is 1. The number of guanidine groups is 1. The number of nitrogens with zero attached hydrogens (tertiary/aromatic N) is 3. The van der Waals surface area contributed by atoms with E-state index >= 15 is 0 Å². The monoisotopic (exact) mass is 493 g/mol. The van der Waals surface area contributed by atoms with Crippen LogP contribution in [0.5, 0.6) is 0 Å². The fourth-order valence-electron chi connectivity index (χ4n) is 2.00. The van der Waals surface area contributed by atoms with Crippen molar-refractivity contribution in [3.05, 3.63) is 45.1 Å². The highest BCUT2D eigenvalue weighted by Crippen LogP contribution is 2.23. The molecule has 138 valence electrons. The number of nitrogens with one attached hydrogen (secondary N) is 2. The average molecular weight is 494 g/mol. The summed E-state index contributed by atoms with van der Waals surface area (Å²) in [7, 11) is 1.77. The Morgan fingerprint density at radius 2 is 2.04 bits per heavy atom. The van der Waals surface area contributed by atoms with Crippen LogP contribution in [0.2, 0.25) is 5.15 Å². The van der Waals surface area contributed by atoms with Crippen molar-refractivity contribution in [3.63, 3.8) is 0 Å². The van der Waals surface area contributed by atoms with Gasteiger partial charge in [0.05, 0.1) is 12.2 Å². The van der Waals surface area contributed by atoms with Gasteiger partial charge in [-0.2, -0.15) is 0 Å². The Bertz CT molecular complexity index is 679. The molecule has 0 aliphatic carbocycles. The third kappa shape index (κ3) is 7.45. The van der Waals surface area contributed by atoms with Gasteiger partial charge < -0.3 is 10.6 Å². The Morgan fingerprint density at radius 3 is 2.60 bits per heavy atom. The lowest BCUT2D eigenvalue weighted by Crippen LogP contribution is -2.37. The Hall–Kier alpha value is -0.930. The van der Waals surface area contributed by atoms with E-state index in [4.69, 9.17) is 11.6 Å². The molecule has 0 amide bonds. The SMILES string of the molecule is CN=C(NCCc1ccc(Cl)nc1)NCc1nc(C(C)(C)C)cs1.I. The molecule has 25 heavy (non-hydrogen) atoms.